The van der Waals surface area contributed by atoms with Gasteiger partial charge >= 0.3 is 0 Å². The van der Waals surface area contributed by atoms with Crippen molar-refractivity contribution < 1.29 is 0 Å². The summed E-state index contributed by atoms with van der Waals surface area (Å²) in [5.41, 5.74) is 5.40. The molecule has 38 valence electrons. The fourth-order valence-electron chi connectivity index (χ4n) is 0.129. The monoisotopic (exact) mass is 105 g/mol. The normalized spacial score (nSPS) is 14.5. The molecule has 0 aliphatic heterocycles. The van der Waals surface area contributed by atoms with Gasteiger partial charge in [-0.1, -0.05) is 6.92 Å². The zero-order valence-corrected chi connectivity index (χ0v) is 4.91. The highest BCUT2D eigenvalue weighted by molar-refractivity contribution is 7.80. The maximum atomic E-state index is 5.40. The number of rotatable bonds is 2. The minimum absolute atomic E-state index is 0.299. The van der Waals surface area contributed by atoms with E-state index in [9.17, 15) is 0 Å². The standard InChI is InChI=1S/C4H11NS/c1-2-4(5)3-6/h4,6H,2-3,5H2,1H3/t4-/m0/s1. The predicted octanol–water partition coefficient (Wildman–Crippen LogP) is 0.653. The smallest absolute Gasteiger partial charge is 0.0125 e. The Morgan fingerprint density at radius 3 is 2.33 bits per heavy atom. The maximum absolute atomic E-state index is 5.40. The Hall–Kier alpha value is 0.310. The van der Waals surface area contributed by atoms with E-state index in [1.807, 2.05) is 0 Å². The Kier molecular flexibility index (Phi) is 3.68. The molecular weight excluding hydrogens is 94.1 g/mol. The van der Waals surface area contributed by atoms with E-state index in [0.717, 1.165) is 12.2 Å². The first-order chi connectivity index (χ1) is 2.81. The van der Waals surface area contributed by atoms with Crippen molar-refractivity contribution in [3.63, 3.8) is 0 Å². The molecule has 1 nitrogen and oxygen atoms in total. The Balaban J connectivity index is 2.75. The molecule has 0 aliphatic rings. The first-order valence-electron chi connectivity index (χ1n) is 2.17. The van der Waals surface area contributed by atoms with Crippen LogP contribution in [0, 0.1) is 0 Å². The zero-order chi connectivity index (χ0) is 4.99. The van der Waals surface area contributed by atoms with Crippen molar-refractivity contribution in [2.75, 3.05) is 5.75 Å². The van der Waals surface area contributed by atoms with E-state index in [0.29, 0.717) is 6.04 Å². The molecule has 0 unspecified atom stereocenters. The van der Waals surface area contributed by atoms with Gasteiger partial charge in [-0.05, 0) is 6.42 Å². The van der Waals surface area contributed by atoms with E-state index in [4.69, 9.17) is 5.73 Å². The van der Waals surface area contributed by atoms with Crippen LogP contribution in [0.2, 0.25) is 0 Å². The average molecular weight is 105 g/mol. The average Bonchev–Trinajstić information content (AvgIpc) is 1.65. The molecule has 0 fully saturated rings. The summed E-state index contributed by atoms with van der Waals surface area (Å²) in [6, 6.07) is 0.299. The Morgan fingerprint density at radius 2 is 2.33 bits per heavy atom. The van der Waals surface area contributed by atoms with Crippen molar-refractivity contribution in [1.29, 1.82) is 0 Å². The van der Waals surface area contributed by atoms with Crippen molar-refractivity contribution in [3.8, 4) is 0 Å². The van der Waals surface area contributed by atoms with E-state index in [1.165, 1.54) is 0 Å². The lowest BCUT2D eigenvalue weighted by Crippen LogP contribution is -2.19. The highest BCUT2D eigenvalue weighted by Crippen LogP contribution is 1.85. The third-order valence-corrected chi connectivity index (χ3v) is 1.23. The molecule has 0 aliphatic carbocycles. The van der Waals surface area contributed by atoms with Crippen LogP contribution in [0.5, 0.6) is 0 Å². The predicted molar refractivity (Wildman–Crippen MR) is 32.1 cm³/mol. The van der Waals surface area contributed by atoms with Gasteiger partial charge < -0.3 is 5.73 Å². The summed E-state index contributed by atoms with van der Waals surface area (Å²) in [5.74, 6) is 0.802. The molecule has 0 rings (SSSR count). The van der Waals surface area contributed by atoms with Crippen LogP contribution in [0.3, 0.4) is 0 Å². The molecule has 6 heavy (non-hydrogen) atoms. The summed E-state index contributed by atoms with van der Waals surface area (Å²) >= 11 is 3.97. The molecule has 0 amide bonds. The molecule has 0 aromatic rings. The number of nitrogens with two attached hydrogens (primary N) is 1. The van der Waals surface area contributed by atoms with Gasteiger partial charge in [-0.25, -0.2) is 0 Å². The van der Waals surface area contributed by atoms with Crippen molar-refractivity contribution >= 4 is 12.6 Å². The van der Waals surface area contributed by atoms with Gasteiger partial charge in [-0.3, -0.25) is 0 Å². The van der Waals surface area contributed by atoms with Crippen LogP contribution in [-0.2, 0) is 0 Å². The molecule has 0 heterocycles. The van der Waals surface area contributed by atoms with Gasteiger partial charge in [-0.15, -0.1) is 0 Å². The van der Waals surface area contributed by atoms with Gasteiger partial charge in [0.2, 0.25) is 0 Å². The van der Waals surface area contributed by atoms with Gasteiger partial charge in [-0.2, -0.15) is 12.6 Å². The molecule has 0 aromatic carbocycles. The van der Waals surface area contributed by atoms with Crippen LogP contribution in [0.25, 0.3) is 0 Å². The van der Waals surface area contributed by atoms with Crippen LogP contribution in [0.1, 0.15) is 13.3 Å². The zero-order valence-electron chi connectivity index (χ0n) is 4.02. The van der Waals surface area contributed by atoms with Crippen LogP contribution in [-0.4, -0.2) is 11.8 Å². The summed E-state index contributed by atoms with van der Waals surface area (Å²) < 4.78 is 0. The second kappa shape index (κ2) is 3.50. The summed E-state index contributed by atoms with van der Waals surface area (Å²) in [6.07, 6.45) is 1.03. The Labute approximate surface area is 44.3 Å². The first-order valence-corrected chi connectivity index (χ1v) is 2.81. The molecule has 0 saturated heterocycles. The second-order valence-corrected chi connectivity index (χ2v) is 1.72. The fourth-order valence-corrected chi connectivity index (χ4v) is 0.387. The molecule has 0 bridgehead atoms. The summed E-state index contributed by atoms with van der Waals surface area (Å²) in [5, 5.41) is 0. The summed E-state index contributed by atoms with van der Waals surface area (Å²) in [7, 11) is 0. The molecule has 2 N–H and O–H groups in total. The van der Waals surface area contributed by atoms with Crippen LogP contribution in [0.15, 0.2) is 0 Å². The van der Waals surface area contributed by atoms with E-state index >= 15 is 0 Å². The fraction of sp³-hybridized carbons (Fsp3) is 1.00. The second-order valence-electron chi connectivity index (χ2n) is 1.35. The summed E-state index contributed by atoms with van der Waals surface area (Å²) in [4.78, 5) is 0. The van der Waals surface area contributed by atoms with Crippen molar-refractivity contribution in [2.24, 2.45) is 5.73 Å². The lowest BCUT2D eigenvalue weighted by molar-refractivity contribution is 0.727. The van der Waals surface area contributed by atoms with E-state index in [1.54, 1.807) is 0 Å². The molecule has 1 atom stereocenters. The third kappa shape index (κ3) is 2.54. The van der Waals surface area contributed by atoms with Gasteiger partial charge in [0.05, 0.1) is 0 Å². The maximum Gasteiger partial charge on any atom is 0.0125 e. The van der Waals surface area contributed by atoms with Gasteiger partial charge in [0.1, 0.15) is 0 Å². The van der Waals surface area contributed by atoms with E-state index < -0.39 is 0 Å². The van der Waals surface area contributed by atoms with Crippen LogP contribution >= 0.6 is 12.6 Å². The minimum atomic E-state index is 0.299. The van der Waals surface area contributed by atoms with Crippen molar-refractivity contribution in [3.05, 3.63) is 0 Å². The molecule has 0 saturated carbocycles. The van der Waals surface area contributed by atoms with E-state index in [2.05, 4.69) is 19.6 Å². The van der Waals surface area contributed by atoms with Crippen molar-refractivity contribution in [2.45, 2.75) is 19.4 Å². The van der Waals surface area contributed by atoms with Crippen LogP contribution < -0.4 is 5.73 Å². The largest absolute Gasteiger partial charge is 0.327 e. The van der Waals surface area contributed by atoms with Gasteiger partial charge in [0, 0.05) is 11.8 Å². The topological polar surface area (TPSA) is 26.0 Å². The SMILES string of the molecule is CC[C@H](N)CS. The number of thiol groups is 1. The quantitative estimate of drug-likeness (QED) is 0.495. The lowest BCUT2D eigenvalue weighted by atomic mass is 10.3. The lowest BCUT2D eigenvalue weighted by Gasteiger charge is -1.99. The van der Waals surface area contributed by atoms with Gasteiger partial charge in [0.15, 0.2) is 0 Å². The molecule has 0 aromatic heterocycles. The molecule has 0 radical (unpaired) electrons. The Bertz CT molecular complexity index is 26.7. The van der Waals surface area contributed by atoms with Gasteiger partial charge in [0.25, 0.3) is 0 Å². The minimum Gasteiger partial charge on any atom is -0.327 e. The molecule has 2 heteroatoms. The van der Waals surface area contributed by atoms with Crippen LogP contribution in [0.4, 0.5) is 0 Å². The number of hydrogen-bond acceptors (Lipinski definition) is 2. The highest BCUT2D eigenvalue weighted by atomic mass is 32.1. The molecule has 0 spiro atoms. The van der Waals surface area contributed by atoms with E-state index in [-0.39, 0.29) is 0 Å². The van der Waals surface area contributed by atoms with Crippen molar-refractivity contribution in [1.82, 2.24) is 0 Å². The highest BCUT2D eigenvalue weighted by Gasteiger charge is 1.89. The summed E-state index contributed by atoms with van der Waals surface area (Å²) in [6.45, 7) is 2.06. The Morgan fingerprint density at radius 1 is 1.83 bits per heavy atom. The first kappa shape index (κ1) is 6.31. The third-order valence-electron chi connectivity index (χ3n) is 0.759. The number of hydrogen-bond donors (Lipinski definition) is 2. The molecular formula is C4H11NS.